The highest BCUT2D eigenvalue weighted by molar-refractivity contribution is 8.00. The number of nitrogens with zero attached hydrogens (tertiary/aromatic N) is 2. The van der Waals surface area contributed by atoms with E-state index in [0.29, 0.717) is 18.7 Å². The third-order valence-corrected chi connectivity index (χ3v) is 7.20. The molecule has 0 unspecified atom stereocenters. The Morgan fingerprint density at radius 3 is 2.37 bits per heavy atom. The first-order chi connectivity index (χ1) is 18.5. The third-order valence-electron chi connectivity index (χ3n) is 6.15. The minimum atomic E-state index is -0.498. The topological polar surface area (TPSA) is 106 Å². The minimum absolute atomic E-state index is 0.0591. The summed E-state index contributed by atoms with van der Waals surface area (Å²) in [6.07, 6.45) is 2.00. The molecule has 1 heterocycles. The van der Waals surface area contributed by atoms with Crippen molar-refractivity contribution >= 4 is 56.6 Å². The number of thioether (sulfide) groups is 1. The maximum absolute atomic E-state index is 12.8. The van der Waals surface area contributed by atoms with Crippen molar-refractivity contribution in [2.45, 2.75) is 11.4 Å². The lowest BCUT2D eigenvalue weighted by molar-refractivity contribution is -0.384. The van der Waals surface area contributed by atoms with E-state index < -0.39 is 4.92 Å². The number of nitro groups is 1. The Bertz CT molecular complexity index is 1640. The highest BCUT2D eigenvalue weighted by Gasteiger charge is 2.13. The van der Waals surface area contributed by atoms with Gasteiger partial charge in [-0.2, -0.15) is 0 Å². The van der Waals surface area contributed by atoms with Crippen LogP contribution in [0.25, 0.3) is 21.7 Å². The van der Waals surface area contributed by atoms with Crippen molar-refractivity contribution < 1.29 is 14.5 Å². The molecule has 4 aromatic carbocycles. The predicted octanol–water partition coefficient (Wildman–Crippen LogP) is 5.86. The van der Waals surface area contributed by atoms with Gasteiger partial charge in [0.1, 0.15) is 0 Å². The Balaban J connectivity index is 1.22. The highest BCUT2D eigenvalue weighted by Crippen LogP contribution is 2.30. The summed E-state index contributed by atoms with van der Waals surface area (Å²) in [6.45, 7) is 0.905. The summed E-state index contributed by atoms with van der Waals surface area (Å²) >= 11 is 1.47. The van der Waals surface area contributed by atoms with Crippen LogP contribution in [0.5, 0.6) is 0 Å². The molecule has 38 heavy (non-hydrogen) atoms. The van der Waals surface area contributed by atoms with Gasteiger partial charge in [-0.25, -0.2) is 0 Å². The van der Waals surface area contributed by atoms with Crippen LogP contribution in [-0.4, -0.2) is 33.6 Å². The number of anilines is 1. The Hall–Kier alpha value is -4.63. The van der Waals surface area contributed by atoms with Gasteiger partial charge in [0, 0.05) is 63.9 Å². The van der Waals surface area contributed by atoms with E-state index in [0.717, 1.165) is 32.3 Å². The van der Waals surface area contributed by atoms with Crippen molar-refractivity contribution in [2.24, 2.45) is 0 Å². The Morgan fingerprint density at radius 1 is 0.868 bits per heavy atom. The number of hydrogen-bond acceptors (Lipinski definition) is 5. The van der Waals surface area contributed by atoms with Gasteiger partial charge in [-0.05, 0) is 29.7 Å². The number of nitro benzene ring substituents is 1. The maximum atomic E-state index is 12.8. The molecule has 0 saturated carbocycles. The zero-order chi connectivity index (χ0) is 26.5. The number of carbonyl (C=O) groups is 2. The standard InChI is InChI=1S/C29H24N4O4S/c34-28(31-25-10-5-7-20-6-1-2-8-23(20)25)19-38-27-18-32(26-11-4-3-9-24(26)27)17-16-30-29(35)21-12-14-22(15-13-21)33(36)37/h1-15,18H,16-17,19H2,(H,30,35)(H,31,34). The second kappa shape index (κ2) is 11.2. The largest absolute Gasteiger partial charge is 0.350 e. The second-order valence-corrected chi connectivity index (χ2v) is 9.64. The number of carbonyl (C=O) groups excluding carboxylic acids is 2. The molecule has 2 amide bonds. The van der Waals surface area contributed by atoms with Gasteiger partial charge in [0.05, 0.1) is 10.7 Å². The van der Waals surface area contributed by atoms with Crippen molar-refractivity contribution in [2.75, 3.05) is 17.6 Å². The summed E-state index contributed by atoms with van der Waals surface area (Å²) in [7, 11) is 0. The van der Waals surface area contributed by atoms with Gasteiger partial charge in [-0.15, -0.1) is 11.8 Å². The number of para-hydroxylation sites is 1. The fourth-order valence-electron chi connectivity index (χ4n) is 4.30. The highest BCUT2D eigenvalue weighted by atomic mass is 32.2. The van der Waals surface area contributed by atoms with Crippen LogP contribution in [0.1, 0.15) is 10.4 Å². The second-order valence-electron chi connectivity index (χ2n) is 8.63. The number of fused-ring (bicyclic) bond motifs is 2. The lowest BCUT2D eigenvalue weighted by Gasteiger charge is -2.08. The first-order valence-corrected chi connectivity index (χ1v) is 13.0. The number of rotatable bonds is 9. The molecule has 0 aliphatic carbocycles. The molecule has 0 saturated heterocycles. The third kappa shape index (κ3) is 5.52. The molecular formula is C29H24N4O4S. The van der Waals surface area contributed by atoms with Gasteiger partial charge in [-0.1, -0.05) is 54.6 Å². The first-order valence-electron chi connectivity index (χ1n) is 12.0. The summed E-state index contributed by atoms with van der Waals surface area (Å²) in [5.41, 5.74) is 2.10. The van der Waals surface area contributed by atoms with Gasteiger partial charge in [-0.3, -0.25) is 19.7 Å². The normalized spacial score (nSPS) is 10.9. The summed E-state index contributed by atoms with van der Waals surface area (Å²) in [5, 5.41) is 19.8. The number of hydrogen-bond donors (Lipinski definition) is 2. The van der Waals surface area contributed by atoms with Crippen LogP contribution >= 0.6 is 11.8 Å². The molecule has 2 N–H and O–H groups in total. The van der Waals surface area contributed by atoms with E-state index in [4.69, 9.17) is 0 Å². The Labute approximate surface area is 222 Å². The average Bonchev–Trinajstić information content (AvgIpc) is 3.29. The monoisotopic (exact) mass is 524 g/mol. The summed E-state index contributed by atoms with van der Waals surface area (Å²) in [6, 6.07) is 27.2. The number of benzene rings is 4. The number of aromatic nitrogens is 1. The quantitative estimate of drug-likeness (QED) is 0.143. The van der Waals surface area contributed by atoms with E-state index in [1.54, 1.807) is 0 Å². The molecule has 8 nitrogen and oxygen atoms in total. The predicted molar refractivity (Wildman–Crippen MR) is 151 cm³/mol. The molecule has 190 valence electrons. The van der Waals surface area contributed by atoms with Gasteiger partial charge < -0.3 is 15.2 Å². The molecule has 0 fully saturated rings. The maximum Gasteiger partial charge on any atom is 0.269 e. The van der Waals surface area contributed by atoms with Crippen LogP contribution in [0.3, 0.4) is 0 Å². The van der Waals surface area contributed by atoms with E-state index in [1.807, 2.05) is 72.9 Å². The summed E-state index contributed by atoms with van der Waals surface area (Å²) in [5.74, 6) is -0.122. The van der Waals surface area contributed by atoms with Gasteiger partial charge in [0.15, 0.2) is 0 Å². The van der Waals surface area contributed by atoms with Crippen molar-refractivity contribution in [1.29, 1.82) is 0 Å². The summed E-state index contributed by atoms with van der Waals surface area (Å²) < 4.78 is 2.05. The minimum Gasteiger partial charge on any atom is -0.350 e. The Morgan fingerprint density at radius 2 is 1.58 bits per heavy atom. The fraction of sp³-hybridized carbons (Fsp3) is 0.103. The van der Waals surface area contributed by atoms with E-state index in [9.17, 15) is 19.7 Å². The summed E-state index contributed by atoms with van der Waals surface area (Å²) in [4.78, 5) is 36.5. The molecule has 0 atom stereocenters. The van der Waals surface area contributed by atoms with Crippen LogP contribution in [0, 0.1) is 10.1 Å². The number of amides is 2. The van der Waals surface area contributed by atoms with Crippen LogP contribution in [0.4, 0.5) is 11.4 Å². The van der Waals surface area contributed by atoms with Crippen molar-refractivity contribution in [3.63, 3.8) is 0 Å². The lowest BCUT2D eigenvalue weighted by Crippen LogP contribution is -2.27. The lowest BCUT2D eigenvalue weighted by atomic mass is 10.1. The molecular weight excluding hydrogens is 500 g/mol. The molecule has 0 bridgehead atoms. The number of non-ortho nitro benzene ring substituents is 1. The molecule has 5 aromatic rings. The molecule has 1 aromatic heterocycles. The van der Waals surface area contributed by atoms with Gasteiger partial charge in [0.25, 0.3) is 11.6 Å². The molecule has 0 spiro atoms. The van der Waals surface area contributed by atoms with Crippen LogP contribution in [-0.2, 0) is 11.3 Å². The zero-order valence-corrected chi connectivity index (χ0v) is 21.1. The SMILES string of the molecule is O=C(CSc1cn(CCNC(=O)c2ccc([N+](=O)[O-])cc2)c2ccccc12)Nc1cccc2ccccc12. The molecule has 0 aliphatic rings. The Kier molecular flexibility index (Phi) is 7.37. The smallest absolute Gasteiger partial charge is 0.269 e. The van der Waals surface area contributed by atoms with Crippen molar-refractivity contribution in [1.82, 2.24) is 9.88 Å². The first kappa shape index (κ1) is 25.0. The molecule has 9 heteroatoms. The van der Waals surface area contributed by atoms with Crippen LogP contribution < -0.4 is 10.6 Å². The van der Waals surface area contributed by atoms with Crippen molar-refractivity contribution in [3.05, 3.63) is 113 Å². The van der Waals surface area contributed by atoms with Gasteiger partial charge >= 0.3 is 0 Å². The van der Waals surface area contributed by atoms with E-state index >= 15 is 0 Å². The van der Waals surface area contributed by atoms with Crippen LogP contribution in [0.15, 0.2) is 102 Å². The van der Waals surface area contributed by atoms with Gasteiger partial charge in [0.2, 0.25) is 5.91 Å². The van der Waals surface area contributed by atoms with E-state index in [-0.39, 0.29) is 23.3 Å². The average molecular weight is 525 g/mol. The number of nitrogens with one attached hydrogen (secondary N) is 2. The van der Waals surface area contributed by atoms with Crippen LogP contribution in [0.2, 0.25) is 0 Å². The zero-order valence-electron chi connectivity index (χ0n) is 20.3. The fourth-order valence-corrected chi connectivity index (χ4v) is 5.19. The van der Waals surface area contributed by atoms with Crippen molar-refractivity contribution in [3.8, 4) is 0 Å². The van der Waals surface area contributed by atoms with E-state index in [2.05, 4.69) is 15.2 Å². The molecule has 0 radical (unpaired) electrons. The molecule has 0 aliphatic heterocycles. The van der Waals surface area contributed by atoms with E-state index in [1.165, 1.54) is 36.0 Å². The molecule has 5 rings (SSSR count).